The molecule has 1 aliphatic heterocycles. The molecule has 0 unspecified atom stereocenters. The van der Waals surface area contributed by atoms with Crippen molar-refractivity contribution in [3.8, 4) is 10.4 Å². The van der Waals surface area contributed by atoms with Gasteiger partial charge in [-0.3, -0.25) is 9.89 Å². The molecule has 3 N–H and O–H groups in total. The van der Waals surface area contributed by atoms with Crippen molar-refractivity contribution in [1.82, 2.24) is 20.5 Å². The summed E-state index contributed by atoms with van der Waals surface area (Å²) < 4.78 is 13.7. The number of nitrogens with zero attached hydrogens (tertiary/aromatic N) is 2. The quantitative estimate of drug-likeness (QED) is 0.206. The average Bonchev–Trinajstić information content (AvgIpc) is 3.52. The van der Waals surface area contributed by atoms with Crippen LogP contribution in [-0.4, -0.2) is 21.1 Å². The Hall–Kier alpha value is -4.30. The lowest BCUT2D eigenvalue weighted by atomic mass is 9.85. The number of allylic oxidation sites excluding steroid dienone is 6. The first kappa shape index (κ1) is 26.0. The van der Waals surface area contributed by atoms with Gasteiger partial charge in [-0.25, -0.2) is 4.98 Å². The second-order valence-corrected chi connectivity index (χ2v) is 11.5. The van der Waals surface area contributed by atoms with Crippen molar-refractivity contribution < 1.29 is 9.18 Å². The Bertz CT molecular complexity index is 1740. The fourth-order valence-corrected chi connectivity index (χ4v) is 5.89. The number of fused-ring (bicyclic) bond motifs is 2. The van der Waals surface area contributed by atoms with Crippen LogP contribution < -0.4 is 10.6 Å². The molecule has 0 atom stereocenters. The van der Waals surface area contributed by atoms with Crippen LogP contribution in [0.4, 0.5) is 10.1 Å². The van der Waals surface area contributed by atoms with Gasteiger partial charge in [0.15, 0.2) is 5.13 Å². The van der Waals surface area contributed by atoms with Crippen LogP contribution in [0.1, 0.15) is 50.1 Å². The van der Waals surface area contributed by atoms with Crippen molar-refractivity contribution in [2.45, 2.75) is 39.5 Å². The lowest BCUT2D eigenvalue weighted by molar-refractivity contribution is -0.126. The van der Waals surface area contributed by atoms with Gasteiger partial charge in [0.2, 0.25) is 5.91 Å². The van der Waals surface area contributed by atoms with Gasteiger partial charge in [0.25, 0.3) is 0 Å². The maximum Gasteiger partial charge on any atom is 0.227 e. The Morgan fingerprint density at radius 3 is 2.73 bits per heavy atom. The molecule has 0 radical (unpaired) electrons. The van der Waals surface area contributed by atoms with E-state index >= 15 is 0 Å². The van der Waals surface area contributed by atoms with E-state index in [1.807, 2.05) is 62.4 Å². The number of hydrogen-bond acceptors (Lipinski definition) is 5. The SMILES string of the molecule is C=C(C)/C=C(\C=C(/C)NC(=O)C1CCC1)c1ccc2[nH]nc(C3=CCc4c(cccc4-c4ccc(F)s4)N3)c2n1. The smallest absolute Gasteiger partial charge is 0.227 e. The highest BCUT2D eigenvalue weighted by Crippen LogP contribution is 2.38. The molecule has 1 aliphatic carbocycles. The first-order valence-corrected chi connectivity index (χ1v) is 14.2. The van der Waals surface area contributed by atoms with Crippen LogP contribution >= 0.6 is 11.3 Å². The van der Waals surface area contributed by atoms with Gasteiger partial charge in [-0.15, -0.1) is 11.3 Å². The zero-order valence-corrected chi connectivity index (χ0v) is 23.3. The summed E-state index contributed by atoms with van der Waals surface area (Å²) in [6, 6.07) is 13.3. The lowest BCUT2D eigenvalue weighted by Gasteiger charge is -2.24. The largest absolute Gasteiger partial charge is 0.354 e. The topological polar surface area (TPSA) is 82.7 Å². The van der Waals surface area contributed by atoms with Crippen molar-refractivity contribution in [2.24, 2.45) is 5.92 Å². The number of hydrogen-bond donors (Lipinski definition) is 3. The summed E-state index contributed by atoms with van der Waals surface area (Å²) in [7, 11) is 0. The molecule has 1 aromatic carbocycles. The molecule has 1 amide bonds. The standard InChI is InChI=1S/C32H30FN5OS/c1-18(2)16-21(17-19(3)34-32(39)20-6-4-7-20)24-12-13-27-30(36-24)31(38-37-27)26-11-10-22-23(8-5-9-25(22)35-26)28-14-15-29(33)40-28/h5,8-9,11-17,20,35H,1,4,6-7,10H2,2-3H3,(H,34,39)(H,37,38)/b19-17+,21-16+. The number of anilines is 1. The highest BCUT2D eigenvalue weighted by atomic mass is 32.1. The van der Waals surface area contributed by atoms with E-state index in [0.717, 1.165) is 97.3 Å². The molecule has 0 spiro atoms. The zero-order valence-electron chi connectivity index (χ0n) is 22.5. The van der Waals surface area contributed by atoms with Gasteiger partial charge >= 0.3 is 0 Å². The fraction of sp³-hybridized carbons (Fsp3) is 0.219. The van der Waals surface area contributed by atoms with E-state index in [0.29, 0.717) is 6.42 Å². The predicted molar refractivity (Wildman–Crippen MR) is 161 cm³/mol. The molecule has 4 aromatic rings. The van der Waals surface area contributed by atoms with E-state index in [4.69, 9.17) is 4.98 Å². The fourth-order valence-electron chi connectivity index (χ4n) is 5.11. The number of rotatable bonds is 7. The van der Waals surface area contributed by atoms with Gasteiger partial charge in [0.1, 0.15) is 11.2 Å². The molecule has 4 heterocycles. The molecule has 202 valence electrons. The molecule has 2 aliphatic rings. The van der Waals surface area contributed by atoms with Gasteiger partial charge in [-0.05, 0) is 80.6 Å². The third-order valence-electron chi connectivity index (χ3n) is 7.32. The molecule has 8 heteroatoms. The molecule has 0 bridgehead atoms. The van der Waals surface area contributed by atoms with Crippen LogP contribution in [0.25, 0.3) is 32.7 Å². The Morgan fingerprint density at radius 2 is 2.00 bits per heavy atom. The Balaban J connectivity index is 1.31. The molecule has 0 saturated heterocycles. The molecule has 1 saturated carbocycles. The number of H-pyrrole nitrogens is 1. The van der Waals surface area contributed by atoms with Gasteiger partial charge in [0, 0.05) is 27.8 Å². The zero-order chi connectivity index (χ0) is 27.8. The summed E-state index contributed by atoms with van der Waals surface area (Å²) in [5.41, 5.74) is 9.55. The third kappa shape index (κ3) is 5.14. The van der Waals surface area contributed by atoms with E-state index in [1.165, 1.54) is 6.07 Å². The van der Waals surface area contributed by atoms with E-state index in [9.17, 15) is 9.18 Å². The number of carbonyl (C=O) groups excluding carboxylic acids is 1. The Labute approximate surface area is 236 Å². The van der Waals surface area contributed by atoms with Gasteiger partial charge in [-0.1, -0.05) is 42.9 Å². The molecule has 40 heavy (non-hydrogen) atoms. The molecule has 6 nitrogen and oxygen atoms in total. The van der Waals surface area contributed by atoms with Gasteiger partial charge in [-0.2, -0.15) is 9.49 Å². The van der Waals surface area contributed by atoms with E-state index < -0.39 is 0 Å². The summed E-state index contributed by atoms with van der Waals surface area (Å²) in [5.74, 6) is 0.196. The van der Waals surface area contributed by atoms with Crippen LogP contribution in [0.3, 0.4) is 0 Å². The van der Waals surface area contributed by atoms with Crippen molar-refractivity contribution in [3.05, 3.63) is 101 Å². The minimum Gasteiger partial charge on any atom is -0.354 e. The van der Waals surface area contributed by atoms with Crippen molar-refractivity contribution in [1.29, 1.82) is 0 Å². The van der Waals surface area contributed by atoms with Crippen molar-refractivity contribution in [2.75, 3.05) is 5.32 Å². The average molecular weight is 552 g/mol. The second kappa shape index (κ2) is 10.7. The number of pyridine rings is 1. The van der Waals surface area contributed by atoms with E-state index in [-0.39, 0.29) is 17.0 Å². The van der Waals surface area contributed by atoms with Crippen LogP contribution in [0.5, 0.6) is 0 Å². The summed E-state index contributed by atoms with van der Waals surface area (Å²) in [6.45, 7) is 7.89. The van der Waals surface area contributed by atoms with Gasteiger partial charge in [0.05, 0.1) is 16.9 Å². The van der Waals surface area contributed by atoms with Crippen LogP contribution in [0.15, 0.2) is 78.5 Å². The Kier molecular flexibility index (Phi) is 6.94. The first-order valence-electron chi connectivity index (χ1n) is 13.4. The maximum atomic E-state index is 13.7. The Morgan fingerprint density at radius 1 is 1.15 bits per heavy atom. The number of halogens is 1. The first-order chi connectivity index (χ1) is 19.4. The van der Waals surface area contributed by atoms with Crippen molar-refractivity contribution in [3.63, 3.8) is 0 Å². The molecular formula is C32H30FN5OS. The number of aromatic nitrogens is 3. The minimum atomic E-state index is -0.191. The number of benzene rings is 1. The number of carbonyl (C=O) groups is 1. The summed E-state index contributed by atoms with van der Waals surface area (Å²) in [6.07, 6.45) is 9.73. The third-order valence-corrected chi connectivity index (χ3v) is 8.23. The number of nitrogens with one attached hydrogen (secondary N) is 3. The van der Waals surface area contributed by atoms with Crippen LogP contribution in [-0.2, 0) is 11.2 Å². The summed E-state index contributed by atoms with van der Waals surface area (Å²) in [5, 5.41) is 14.1. The van der Waals surface area contributed by atoms with Gasteiger partial charge < -0.3 is 10.6 Å². The summed E-state index contributed by atoms with van der Waals surface area (Å²) in [4.78, 5) is 18.4. The van der Waals surface area contributed by atoms with Crippen molar-refractivity contribution >= 4 is 45.2 Å². The second-order valence-electron chi connectivity index (χ2n) is 10.4. The highest BCUT2D eigenvalue weighted by molar-refractivity contribution is 7.13. The molecule has 1 fully saturated rings. The number of thiophene rings is 1. The normalized spacial score (nSPS) is 15.7. The van der Waals surface area contributed by atoms with E-state index in [2.05, 4.69) is 33.5 Å². The predicted octanol–water partition coefficient (Wildman–Crippen LogP) is 7.61. The van der Waals surface area contributed by atoms with Crippen LogP contribution in [0, 0.1) is 11.0 Å². The van der Waals surface area contributed by atoms with E-state index in [1.54, 1.807) is 0 Å². The van der Waals surface area contributed by atoms with Crippen LogP contribution in [0.2, 0.25) is 0 Å². The molecule has 6 rings (SSSR count). The monoisotopic (exact) mass is 551 g/mol. The number of amides is 1. The summed E-state index contributed by atoms with van der Waals surface area (Å²) >= 11 is 1.15. The number of aromatic amines is 1. The highest BCUT2D eigenvalue weighted by Gasteiger charge is 2.25. The maximum absolute atomic E-state index is 13.7. The lowest BCUT2D eigenvalue weighted by Crippen LogP contribution is -2.33. The molecular weight excluding hydrogens is 521 g/mol. The minimum absolute atomic E-state index is 0.0816. The molecule has 3 aromatic heterocycles.